The van der Waals surface area contributed by atoms with E-state index in [1.54, 1.807) is 43.3 Å². The molecule has 0 radical (unpaired) electrons. The summed E-state index contributed by atoms with van der Waals surface area (Å²) in [6.45, 7) is 3.04. The van der Waals surface area contributed by atoms with E-state index in [0.29, 0.717) is 10.4 Å². The fourth-order valence-electron chi connectivity index (χ4n) is 3.91. The molecule has 0 saturated carbocycles. The van der Waals surface area contributed by atoms with Gasteiger partial charge >= 0.3 is 0 Å². The molecular weight excluding hydrogens is 488 g/mol. The van der Waals surface area contributed by atoms with Gasteiger partial charge in [0, 0.05) is 4.70 Å². The molecule has 2 aromatic carbocycles. The second kappa shape index (κ2) is 9.88. The number of amides is 2. The highest BCUT2D eigenvalue weighted by atomic mass is 32.2. The smallest absolute Gasteiger partial charge is 0.262 e. The number of ketones is 1. The van der Waals surface area contributed by atoms with Crippen molar-refractivity contribution in [1.29, 1.82) is 0 Å². The van der Waals surface area contributed by atoms with Crippen LogP contribution in [0.4, 0.5) is 0 Å². The number of hydrogen-bond acceptors (Lipinski definition) is 7. The van der Waals surface area contributed by atoms with Crippen molar-refractivity contribution in [3.05, 3.63) is 71.1 Å². The van der Waals surface area contributed by atoms with E-state index >= 15 is 0 Å². The summed E-state index contributed by atoms with van der Waals surface area (Å²) in [5, 5.41) is 6.09. The molecule has 10 heteroatoms. The molecule has 3 aromatic rings. The Balaban J connectivity index is 1.58. The summed E-state index contributed by atoms with van der Waals surface area (Å²) in [6.07, 6.45) is -0.598. The van der Waals surface area contributed by atoms with Crippen molar-refractivity contribution >= 4 is 48.9 Å². The van der Waals surface area contributed by atoms with Crippen molar-refractivity contribution in [3.8, 4) is 0 Å². The highest BCUT2D eigenvalue weighted by Crippen LogP contribution is 2.26. The Labute approximate surface area is 207 Å². The second-order valence-corrected chi connectivity index (χ2v) is 12.0. The SMILES string of the molecule is CC1OCC(=O)C1(C)NC(=O)C(CS(=O)(=O)Cc1ccccc1)NC(=O)c1cc2ccccc2s1. The maximum Gasteiger partial charge on any atom is 0.262 e. The molecule has 3 atom stereocenters. The molecule has 1 aliphatic rings. The molecule has 2 heterocycles. The van der Waals surface area contributed by atoms with Gasteiger partial charge in [-0.1, -0.05) is 48.5 Å². The number of carbonyl (C=O) groups is 3. The maximum atomic E-state index is 13.3. The highest BCUT2D eigenvalue weighted by Gasteiger charge is 2.47. The van der Waals surface area contributed by atoms with E-state index in [-0.39, 0.29) is 18.1 Å². The van der Waals surface area contributed by atoms with Crippen LogP contribution < -0.4 is 10.6 Å². The van der Waals surface area contributed by atoms with Crippen LogP contribution >= 0.6 is 11.3 Å². The molecule has 8 nitrogen and oxygen atoms in total. The summed E-state index contributed by atoms with van der Waals surface area (Å²) in [7, 11) is -3.80. The monoisotopic (exact) mass is 514 g/mol. The molecule has 184 valence electrons. The lowest BCUT2D eigenvalue weighted by molar-refractivity contribution is -0.130. The lowest BCUT2D eigenvalue weighted by Crippen LogP contribution is -2.61. The number of thiophene rings is 1. The number of hydrogen-bond donors (Lipinski definition) is 2. The highest BCUT2D eigenvalue weighted by molar-refractivity contribution is 7.90. The van der Waals surface area contributed by atoms with Gasteiger partial charge in [-0.3, -0.25) is 14.4 Å². The molecule has 1 aromatic heterocycles. The zero-order valence-electron chi connectivity index (χ0n) is 19.3. The number of sulfone groups is 1. The van der Waals surface area contributed by atoms with E-state index < -0.39 is 45.1 Å². The molecule has 0 spiro atoms. The molecule has 2 amide bonds. The first kappa shape index (κ1) is 25.0. The van der Waals surface area contributed by atoms with Crippen LogP contribution in [0.1, 0.15) is 29.1 Å². The summed E-state index contributed by atoms with van der Waals surface area (Å²) >= 11 is 1.25. The van der Waals surface area contributed by atoms with Crippen LogP contribution in [0.25, 0.3) is 10.1 Å². The van der Waals surface area contributed by atoms with Gasteiger partial charge in [0.05, 0.1) is 22.5 Å². The third-order valence-corrected chi connectivity index (χ3v) is 8.89. The molecule has 1 saturated heterocycles. The molecule has 1 aliphatic heterocycles. The first-order valence-corrected chi connectivity index (χ1v) is 13.7. The molecule has 1 fully saturated rings. The van der Waals surface area contributed by atoms with Crippen LogP contribution in [-0.4, -0.2) is 56.1 Å². The van der Waals surface area contributed by atoms with Crippen molar-refractivity contribution in [1.82, 2.24) is 10.6 Å². The van der Waals surface area contributed by atoms with Gasteiger partial charge in [0.1, 0.15) is 18.2 Å². The van der Waals surface area contributed by atoms with E-state index in [1.165, 1.54) is 18.3 Å². The minimum Gasteiger partial charge on any atom is -0.368 e. The normalized spacial score (nSPS) is 21.1. The molecule has 2 N–H and O–H groups in total. The minimum atomic E-state index is -3.80. The van der Waals surface area contributed by atoms with Crippen molar-refractivity contribution in [3.63, 3.8) is 0 Å². The lowest BCUT2D eigenvalue weighted by Gasteiger charge is -2.29. The Hall–Kier alpha value is -3.08. The second-order valence-electron chi connectivity index (χ2n) is 8.78. The summed E-state index contributed by atoms with van der Waals surface area (Å²) in [4.78, 5) is 39.1. The molecule has 35 heavy (non-hydrogen) atoms. The van der Waals surface area contributed by atoms with Gasteiger partial charge in [-0.2, -0.15) is 0 Å². The van der Waals surface area contributed by atoms with Crippen LogP contribution in [-0.2, 0) is 29.9 Å². The van der Waals surface area contributed by atoms with Gasteiger partial charge in [0.15, 0.2) is 15.6 Å². The largest absolute Gasteiger partial charge is 0.368 e. The first-order chi connectivity index (χ1) is 16.6. The van der Waals surface area contributed by atoms with Crippen LogP contribution in [0.15, 0.2) is 60.7 Å². The zero-order valence-corrected chi connectivity index (χ0v) is 20.9. The van der Waals surface area contributed by atoms with Gasteiger partial charge in [-0.05, 0) is 36.9 Å². The number of carbonyl (C=O) groups excluding carboxylic acids is 3. The van der Waals surface area contributed by atoms with E-state index in [2.05, 4.69) is 10.6 Å². The number of fused-ring (bicyclic) bond motifs is 1. The van der Waals surface area contributed by atoms with Crippen LogP contribution in [0, 0.1) is 0 Å². The van der Waals surface area contributed by atoms with E-state index in [9.17, 15) is 22.8 Å². The molecule has 0 bridgehead atoms. The fraction of sp³-hybridized carbons (Fsp3) is 0.320. The third kappa shape index (κ3) is 5.61. The van der Waals surface area contributed by atoms with E-state index in [4.69, 9.17) is 4.74 Å². The van der Waals surface area contributed by atoms with Gasteiger partial charge in [-0.25, -0.2) is 8.42 Å². The third-order valence-electron chi connectivity index (χ3n) is 6.16. The maximum absolute atomic E-state index is 13.3. The first-order valence-electron chi connectivity index (χ1n) is 11.1. The topological polar surface area (TPSA) is 119 Å². The van der Waals surface area contributed by atoms with Crippen LogP contribution in [0.2, 0.25) is 0 Å². The average Bonchev–Trinajstić information content (AvgIpc) is 3.36. The van der Waals surface area contributed by atoms with Gasteiger partial charge in [0.2, 0.25) is 5.91 Å². The predicted octanol–water partition coefficient (Wildman–Crippen LogP) is 2.48. The Morgan fingerprint density at radius 3 is 2.49 bits per heavy atom. The molecule has 4 rings (SSSR count). The summed E-state index contributed by atoms with van der Waals surface area (Å²) < 4.78 is 32.2. The summed E-state index contributed by atoms with van der Waals surface area (Å²) in [5.41, 5.74) is -0.747. The van der Waals surface area contributed by atoms with Crippen molar-refractivity contribution < 1.29 is 27.5 Å². The number of nitrogens with one attached hydrogen (secondary N) is 2. The molecular formula is C25H26N2O6S2. The number of benzene rings is 2. The summed E-state index contributed by atoms with van der Waals surface area (Å²) in [6, 6.07) is 16.3. The zero-order chi connectivity index (χ0) is 25.2. The van der Waals surface area contributed by atoms with Crippen LogP contribution in [0.5, 0.6) is 0 Å². The molecule has 0 aliphatic carbocycles. The predicted molar refractivity (Wildman–Crippen MR) is 134 cm³/mol. The quantitative estimate of drug-likeness (QED) is 0.477. The number of rotatable bonds is 8. The van der Waals surface area contributed by atoms with Crippen molar-refractivity contribution in [2.45, 2.75) is 37.3 Å². The van der Waals surface area contributed by atoms with Gasteiger partial charge in [0.25, 0.3) is 5.91 Å². The fourth-order valence-corrected chi connectivity index (χ4v) is 6.43. The van der Waals surface area contributed by atoms with E-state index in [0.717, 1.165) is 10.1 Å². The van der Waals surface area contributed by atoms with Crippen LogP contribution in [0.3, 0.4) is 0 Å². The average molecular weight is 515 g/mol. The molecule has 3 unspecified atom stereocenters. The van der Waals surface area contributed by atoms with Gasteiger partial charge in [-0.15, -0.1) is 11.3 Å². The Morgan fingerprint density at radius 2 is 1.83 bits per heavy atom. The van der Waals surface area contributed by atoms with Crippen molar-refractivity contribution in [2.75, 3.05) is 12.4 Å². The lowest BCUT2D eigenvalue weighted by atomic mass is 9.93. The van der Waals surface area contributed by atoms with Gasteiger partial charge < -0.3 is 15.4 Å². The summed E-state index contributed by atoms with van der Waals surface area (Å²) in [5.74, 6) is -2.55. The Bertz CT molecular complexity index is 1340. The van der Waals surface area contributed by atoms with E-state index in [1.807, 2.05) is 24.3 Å². The minimum absolute atomic E-state index is 0.150. The Morgan fingerprint density at radius 1 is 1.14 bits per heavy atom. The standard InChI is InChI=1S/C25H26N2O6S2/c1-16-25(2,22(28)13-33-16)27-23(29)19(15-35(31,32)14-17-8-4-3-5-9-17)26-24(30)21-12-18-10-6-7-11-20(18)34-21/h3-12,16,19H,13-15H2,1-2H3,(H,26,30)(H,27,29). The van der Waals surface area contributed by atoms with Crippen molar-refractivity contribution in [2.24, 2.45) is 0 Å². The Kier molecular flexibility index (Phi) is 7.07. The number of Topliss-reactive ketones (excluding diaryl/α,β-unsaturated/α-hetero) is 1. The number of ether oxygens (including phenoxy) is 1.